The third-order valence-electron chi connectivity index (χ3n) is 6.24. The van der Waals surface area contributed by atoms with Gasteiger partial charge >= 0.3 is 5.97 Å². The zero-order valence-electron chi connectivity index (χ0n) is 18.2. The molecule has 4 amide bonds. The van der Waals surface area contributed by atoms with Crippen LogP contribution < -0.4 is 5.32 Å². The second kappa shape index (κ2) is 11.2. The summed E-state index contributed by atoms with van der Waals surface area (Å²) in [5.41, 5.74) is 0. The summed E-state index contributed by atoms with van der Waals surface area (Å²) < 4.78 is 0. The number of aliphatic hydroxyl groups excluding tert-OH is 1. The molecule has 176 valence electrons. The van der Waals surface area contributed by atoms with Gasteiger partial charge in [0, 0.05) is 44.3 Å². The first-order chi connectivity index (χ1) is 15.3. The average Bonchev–Trinajstić information content (AvgIpc) is 3.26. The van der Waals surface area contributed by atoms with Crippen LogP contribution in [0.25, 0.3) is 0 Å². The van der Waals surface area contributed by atoms with Crippen LogP contribution in [0.15, 0.2) is 12.2 Å². The highest BCUT2D eigenvalue weighted by molar-refractivity contribution is 6.01. The molecule has 2 aliphatic heterocycles. The molecule has 10 nitrogen and oxygen atoms in total. The van der Waals surface area contributed by atoms with Gasteiger partial charge in [0.25, 0.3) is 11.8 Å². The van der Waals surface area contributed by atoms with E-state index in [0.29, 0.717) is 36.9 Å². The molecule has 0 radical (unpaired) electrons. The molecule has 2 N–H and O–H groups in total. The van der Waals surface area contributed by atoms with E-state index in [1.807, 2.05) is 0 Å². The zero-order chi connectivity index (χ0) is 23.1. The van der Waals surface area contributed by atoms with Crippen molar-refractivity contribution in [3.8, 4) is 0 Å². The van der Waals surface area contributed by atoms with Crippen molar-refractivity contribution < 1.29 is 33.9 Å². The average molecular weight is 450 g/mol. The second-order valence-electron chi connectivity index (χ2n) is 8.63. The van der Waals surface area contributed by atoms with Gasteiger partial charge in [-0.3, -0.25) is 19.2 Å². The third-order valence-corrected chi connectivity index (χ3v) is 6.24. The first kappa shape index (κ1) is 23.9. The number of carbonyl (C=O) groups excluding carboxylic acids is 5. The fourth-order valence-electron chi connectivity index (χ4n) is 4.31. The SMILES string of the molecule is O=C(CCCCCNC(=O)C1CCC(CN2C(=O)C=CC2O)CC1)ON1C(=O)CCC1=O. The summed E-state index contributed by atoms with van der Waals surface area (Å²) in [6.07, 6.45) is 7.50. The Labute approximate surface area is 186 Å². The van der Waals surface area contributed by atoms with Crippen LogP contribution >= 0.6 is 0 Å². The lowest BCUT2D eigenvalue weighted by Gasteiger charge is -2.31. The molecule has 0 spiro atoms. The fourth-order valence-corrected chi connectivity index (χ4v) is 4.31. The number of nitrogens with zero attached hydrogens (tertiary/aromatic N) is 2. The van der Waals surface area contributed by atoms with Crippen LogP contribution in [0.2, 0.25) is 0 Å². The highest BCUT2D eigenvalue weighted by Gasteiger charge is 2.33. The Morgan fingerprint density at radius 2 is 1.72 bits per heavy atom. The molecule has 32 heavy (non-hydrogen) atoms. The van der Waals surface area contributed by atoms with Gasteiger partial charge in [0.2, 0.25) is 11.8 Å². The topological polar surface area (TPSA) is 133 Å². The number of aliphatic hydroxyl groups is 1. The molecule has 1 atom stereocenters. The minimum Gasteiger partial charge on any atom is -0.370 e. The van der Waals surface area contributed by atoms with E-state index in [-0.39, 0.29) is 37.0 Å². The molecular formula is C22H31N3O7. The first-order valence-corrected chi connectivity index (χ1v) is 11.4. The van der Waals surface area contributed by atoms with E-state index in [9.17, 15) is 29.1 Å². The molecular weight excluding hydrogens is 418 g/mol. The van der Waals surface area contributed by atoms with Crippen molar-refractivity contribution in [2.24, 2.45) is 11.8 Å². The number of unbranched alkanes of at least 4 members (excludes halogenated alkanes) is 2. The molecule has 1 unspecified atom stereocenters. The van der Waals surface area contributed by atoms with Crippen molar-refractivity contribution >= 4 is 29.6 Å². The number of hydroxylamine groups is 2. The summed E-state index contributed by atoms with van der Waals surface area (Å²) in [6.45, 7) is 1.04. The molecule has 0 aromatic carbocycles. The maximum atomic E-state index is 12.4. The van der Waals surface area contributed by atoms with Crippen molar-refractivity contribution in [3.05, 3.63) is 12.2 Å². The van der Waals surface area contributed by atoms with Gasteiger partial charge < -0.3 is 20.2 Å². The van der Waals surface area contributed by atoms with Crippen LogP contribution in [0.3, 0.4) is 0 Å². The molecule has 2 heterocycles. The summed E-state index contributed by atoms with van der Waals surface area (Å²) in [4.78, 5) is 64.9. The summed E-state index contributed by atoms with van der Waals surface area (Å²) in [7, 11) is 0. The molecule has 2 fully saturated rings. The van der Waals surface area contributed by atoms with Crippen LogP contribution in [-0.4, -0.2) is 64.0 Å². The number of hydrogen-bond donors (Lipinski definition) is 2. The smallest absolute Gasteiger partial charge is 0.333 e. The predicted molar refractivity (Wildman–Crippen MR) is 111 cm³/mol. The molecule has 1 saturated heterocycles. The van der Waals surface area contributed by atoms with Gasteiger partial charge in [0.15, 0.2) is 0 Å². The van der Waals surface area contributed by atoms with E-state index < -0.39 is 24.0 Å². The molecule has 1 aliphatic carbocycles. The van der Waals surface area contributed by atoms with Gasteiger partial charge in [-0.1, -0.05) is 6.42 Å². The summed E-state index contributed by atoms with van der Waals surface area (Å²) >= 11 is 0. The second-order valence-corrected chi connectivity index (χ2v) is 8.63. The summed E-state index contributed by atoms with van der Waals surface area (Å²) in [5, 5.41) is 13.3. The Morgan fingerprint density at radius 3 is 2.34 bits per heavy atom. The third kappa shape index (κ3) is 6.38. The Morgan fingerprint density at radius 1 is 1.03 bits per heavy atom. The monoisotopic (exact) mass is 449 g/mol. The minimum absolute atomic E-state index is 0.0332. The Kier molecular flexibility index (Phi) is 8.38. The van der Waals surface area contributed by atoms with Crippen LogP contribution in [0.5, 0.6) is 0 Å². The fraction of sp³-hybridized carbons (Fsp3) is 0.682. The van der Waals surface area contributed by atoms with Crippen LogP contribution in [0, 0.1) is 11.8 Å². The van der Waals surface area contributed by atoms with E-state index in [4.69, 9.17) is 4.84 Å². The van der Waals surface area contributed by atoms with Gasteiger partial charge in [-0.05, 0) is 50.5 Å². The number of rotatable bonds is 10. The highest BCUT2D eigenvalue weighted by atomic mass is 16.7. The minimum atomic E-state index is -0.837. The van der Waals surface area contributed by atoms with Gasteiger partial charge in [-0.15, -0.1) is 5.06 Å². The van der Waals surface area contributed by atoms with E-state index in [2.05, 4.69) is 5.32 Å². The van der Waals surface area contributed by atoms with Crippen molar-refractivity contribution in [1.29, 1.82) is 0 Å². The Hall–Kier alpha value is -2.75. The van der Waals surface area contributed by atoms with Crippen molar-refractivity contribution in [2.45, 2.75) is 70.4 Å². The van der Waals surface area contributed by atoms with Crippen LogP contribution in [-0.2, 0) is 28.8 Å². The van der Waals surface area contributed by atoms with Crippen molar-refractivity contribution in [1.82, 2.24) is 15.3 Å². The Balaban J connectivity index is 1.22. The molecule has 3 aliphatic rings. The number of hydrogen-bond acceptors (Lipinski definition) is 7. The standard InChI is InChI=1S/C22H31N3O7/c26-17-9-10-18(27)24(17)14-15-5-7-16(8-6-15)22(31)23-13-3-1-2-4-21(30)32-25-19(28)11-12-20(25)29/h9-10,15-17,26H,1-8,11-14H2,(H,23,31). The number of imide groups is 1. The molecule has 10 heteroatoms. The number of amides is 4. The van der Waals surface area contributed by atoms with Gasteiger partial charge in [0.05, 0.1) is 0 Å². The molecule has 0 aromatic heterocycles. The lowest BCUT2D eigenvalue weighted by atomic mass is 9.81. The summed E-state index contributed by atoms with van der Waals surface area (Å²) in [5.74, 6) is -1.44. The number of carbonyl (C=O) groups is 5. The largest absolute Gasteiger partial charge is 0.370 e. The first-order valence-electron chi connectivity index (χ1n) is 11.4. The lowest BCUT2D eigenvalue weighted by molar-refractivity contribution is -0.197. The lowest BCUT2D eigenvalue weighted by Crippen LogP contribution is -2.40. The quantitative estimate of drug-likeness (QED) is 0.372. The predicted octanol–water partition coefficient (Wildman–Crippen LogP) is 0.793. The van der Waals surface area contributed by atoms with E-state index in [1.54, 1.807) is 0 Å². The normalized spacial score (nSPS) is 25.5. The molecule has 0 aromatic rings. The maximum Gasteiger partial charge on any atom is 0.333 e. The number of nitrogens with one attached hydrogen (secondary N) is 1. The van der Waals surface area contributed by atoms with E-state index >= 15 is 0 Å². The molecule has 0 bridgehead atoms. The van der Waals surface area contributed by atoms with Crippen LogP contribution in [0.4, 0.5) is 0 Å². The summed E-state index contributed by atoms with van der Waals surface area (Å²) in [6, 6.07) is 0. The van der Waals surface area contributed by atoms with Gasteiger partial charge in [-0.25, -0.2) is 4.79 Å². The van der Waals surface area contributed by atoms with Gasteiger partial charge in [-0.2, -0.15) is 0 Å². The van der Waals surface area contributed by atoms with Crippen LogP contribution in [0.1, 0.15) is 64.2 Å². The van der Waals surface area contributed by atoms with Crippen molar-refractivity contribution in [3.63, 3.8) is 0 Å². The zero-order valence-corrected chi connectivity index (χ0v) is 18.2. The van der Waals surface area contributed by atoms with Crippen molar-refractivity contribution in [2.75, 3.05) is 13.1 Å². The van der Waals surface area contributed by atoms with Gasteiger partial charge in [0.1, 0.15) is 6.23 Å². The van der Waals surface area contributed by atoms with E-state index in [0.717, 1.165) is 32.1 Å². The maximum absolute atomic E-state index is 12.4. The highest BCUT2D eigenvalue weighted by Crippen LogP contribution is 2.30. The molecule has 3 rings (SSSR count). The molecule has 1 saturated carbocycles. The Bertz CT molecular complexity index is 757. The van der Waals surface area contributed by atoms with E-state index in [1.165, 1.54) is 17.1 Å².